The van der Waals surface area contributed by atoms with Gasteiger partial charge in [0.1, 0.15) is 0 Å². The second-order valence-corrected chi connectivity index (χ2v) is 4.57. The third kappa shape index (κ3) is 14.9. The predicted octanol–water partition coefficient (Wildman–Crippen LogP) is 6.15. The molecule has 0 fully saturated rings. The van der Waals surface area contributed by atoms with Gasteiger partial charge >= 0.3 is 11.9 Å². The third-order valence-electron chi connectivity index (χ3n) is 2.72. The molecule has 0 radical (unpaired) electrons. The lowest BCUT2D eigenvalue weighted by Gasteiger charge is -2.08. The summed E-state index contributed by atoms with van der Waals surface area (Å²) in [6, 6.07) is 0. The van der Waals surface area contributed by atoms with E-state index in [4.69, 9.17) is 5.11 Å². The van der Waals surface area contributed by atoms with Gasteiger partial charge in [0, 0.05) is 6.42 Å². The minimum absolute atomic E-state index is 0.0982. The molecule has 0 aromatic carbocycles. The van der Waals surface area contributed by atoms with E-state index < -0.39 is 18.3 Å². The van der Waals surface area contributed by atoms with Gasteiger partial charge in [0.15, 0.2) is 0 Å². The third-order valence-corrected chi connectivity index (χ3v) is 2.72. The first kappa shape index (κ1) is 22.8. The quantitative estimate of drug-likeness (QED) is 0.282. The molecule has 0 saturated carbocycles. The number of allylic oxidation sites excluding steroid dienone is 6. The maximum atomic E-state index is 12.7. The van der Waals surface area contributed by atoms with E-state index in [-0.39, 0.29) is 6.42 Å². The molecule has 2 nitrogen and oxygen atoms in total. The van der Waals surface area contributed by atoms with Crippen LogP contribution in [0.3, 0.4) is 0 Å². The topological polar surface area (TPSA) is 37.3 Å². The van der Waals surface area contributed by atoms with E-state index in [2.05, 4.69) is 19.1 Å². The molecule has 0 aromatic heterocycles. The summed E-state index contributed by atoms with van der Waals surface area (Å²) in [5.41, 5.74) is 0. The van der Waals surface area contributed by atoms with Crippen molar-refractivity contribution in [3.63, 3.8) is 0 Å². The summed E-state index contributed by atoms with van der Waals surface area (Å²) >= 11 is 0. The number of carbonyl (C=O) groups is 1. The Kier molecular flexibility index (Phi) is 16.5. The summed E-state index contributed by atoms with van der Waals surface area (Å²) in [7, 11) is 0. The van der Waals surface area contributed by atoms with E-state index in [1.165, 1.54) is 0 Å². The lowest BCUT2D eigenvalue weighted by Crippen LogP contribution is -2.27. The lowest BCUT2D eigenvalue weighted by atomic mass is 10.1. The molecule has 0 aliphatic carbocycles. The van der Waals surface area contributed by atoms with Gasteiger partial charge in [-0.2, -0.15) is 8.78 Å². The van der Waals surface area contributed by atoms with E-state index in [1.807, 2.05) is 32.1 Å². The molecule has 4 heteroatoms. The fourth-order valence-corrected chi connectivity index (χ4v) is 1.52. The van der Waals surface area contributed by atoms with Crippen LogP contribution in [0.4, 0.5) is 8.78 Å². The fraction of sp³-hybridized carbons (Fsp3) is 0.611. The van der Waals surface area contributed by atoms with Crippen molar-refractivity contribution in [2.45, 2.75) is 71.6 Å². The maximum Gasteiger partial charge on any atom is 0.374 e. The van der Waals surface area contributed by atoms with Gasteiger partial charge in [-0.15, -0.1) is 0 Å². The van der Waals surface area contributed by atoms with Gasteiger partial charge in [-0.1, -0.05) is 57.2 Å². The Labute approximate surface area is 133 Å². The van der Waals surface area contributed by atoms with E-state index in [1.54, 1.807) is 6.08 Å². The molecule has 0 aliphatic heterocycles. The van der Waals surface area contributed by atoms with Crippen molar-refractivity contribution in [2.75, 3.05) is 0 Å². The van der Waals surface area contributed by atoms with Crippen LogP contribution >= 0.6 is 0 Å². The number of carboxylic acids is 1. The Morgan fingerprint density at radius 3 is 2.00 bits per heavy atom. The predicted molar refractivity (Wildman–Crippen MR) is 89.3 cm³/mol. The molecule has 0 bridgehead atoms. The summed E-state index contributed by atoms with van der Waals surface area (Å²) in [5, 5.41) is 8.23. The van der Waals surface area contributed by atoms with Gasteiger partial charge in [0.05, 0.1) is 0 Å². The smallest absolute Gasteiger partial charge is 0.374 e. The van der Waals surface area contributed by atoms with Gasteiger partial charge < -0.3 is 5.11 Å². The fourth-order valence-electron chi connectivity index (χ4n) is 1.52. The number of aliphatic carboxylic acids is 1. The number of halogens is 2. The van der Waals surface area contributed by atoms with Gasteiger partial charge in [0.25, 0.3) is 0 Å². The molecular formula is C18H30F2O2. The molecule has 0 saturated heterocycles. The Bertz CT molecular complexity index is 345. The molecular weight excluding hydrogens is 286 g/mol. The monoisotopic (exact) mass is 316 g/mol. The zero-order valence-corrected chi connectivity index (χ0v) is 14.0. The van der Waals surface area contributed by atoms with E-state index in [9.17, 15) is 13.6 Å². The summed E-state index contributed by atoms with van der Waals surface area (Å²) in [6.45, 7) is 6.09. The molecule has 1 N–H and O–H groups in total. The molecule has 0 unspecified atom stereocenters. The van der Waals surface area contributed by atoms with Crippen LogP contribution in [0.5, 0.6) is 0 Å². The van der Waals surface area contributed by atoms with Crippen LogP contribution in [0.25, 0.3) is 0 Å². The van der Waals surface area contributed by atoms with Gasteiger partial charge in [0.2, 0.25) is 0 Å². The number of hydrogen-bond acceptors (Lipinski definition) is 1. The molecule has 0 aromatic rings. The van der Waals surface area contributed by atoms with Crippen LogP contribution in [0, 0.1) is 0 Å². The van der Waals surface area contributed by atoms with Crippen LogP contribution < -0.4 is 0 Å². The average molecular weight is 316 g/mol. The zero-order chi connectivity index (χ0) is 17.3. The molecule has 0 spiro atoms. The minimum atomic E-state index is -3.61. The number of unbranched alkanes of at least 4 members (excludes halogenated alkanes) is 3. The van der Waals surface area contributed by atoms with Gasteiger partial charge in [-0.3, -0.25) is 0 Å². The van der Waals surface area contributed by atoms with Crippen LogP contribution in [0.2, 0.25) is 0 Å². The largest absolute Gasteiger partial charge is 0.477 e. The average Bonchev–Trinajstić information content (AvgIpc) is 2.50. The van der Waals surface area contributed by atoms with Crippen molar-refractivity contribution in [1.29, 1.82) is 0 Å². The molecule has 128 valence electrons. The van der Waals surface area contributed by atoms with Gasteiger partial charge in [-0.05, 0) is 38.5 Å². The Morgan fingerprint density at radius 2 is 1.45 bits per heavy atom. The van der Waals surface area contributed by atoms with Crippen molar-refractivity contribution in [3.8, 4) is 0 Å². The minimum Gasteiger partial charge on any atom is -0.477 e. The number of carboxylic acid groups (broad SMARTS) is 1. The maximum absolute atomic E-state index is 12.7. The van der Waals surface area contributed by atoms with Crippen LogP contribution in [-0.2, 0) is 4.79 Å². The summed E-state index contributed by atoms with van der Waals surface area (Å²) < 4.78 is 25.4. The molecule has 0 atom stereocenters. The summed E-state index contributed by atoms with van der Waals surface area (Å²) in [5.74, 6) is -5.66. The van der Waals surface area contributed by atoms with Crippen molar-refractivity contribution in [2.24, 2.45) is 0 Å². The summed E-state index contributed by atoms with van der Waals surface area (Å²) in [6.07, 6.45) is 16.2. The van der Waals surface area contributed by atoms with Crippen molar-refractivity contribution >= 4 is 5.97 Å². The number of alkyl halides is 2. The summed E-state index contributed by atoms with van der Waals surface area (Å²) in [4.78, 5) is 10.2. The van der Waals surface area contributed by atoms with Crippen molar-refractivity contribution in [1.82, 2.24) is 0 Å². The van der Waals surface area contributed by atoms with E-state index in [0.717, 1.165) is 32.1 Å². The zero-order valence-electron chi connectivity index (χ0n) is 14.0. The SMILES string of the molecule is CC.CC/C=C/C=C\CCCC/C=C\CCC(F)(F)C(=O)O. The van der Waals surface area contributed by atoms with E-state index >= 15 is 0 Å². The normalized spacial score (nSPS) is 12.0. The van der Waals surface area contributed by atoms with Crippen molar-refractivity contribution < 1.29 is 18.7 Å². The lowest BCUT2D eigenvalue weighted by molar-refractivity contribution is -0.165. The van der Waals surface area contributed by atoms with Crippen LogP contribution in [0.15, 0.2) is 36.5 Å². The number of hydrogen-bond donors (Lipinski definition) is 1. The standard InChI is InChI=1S/C16H24F2O2.C2H6/c1-2-3-4-5-6-7-8-9-10-11-12-13-14-16(17,18)15(19)20;1-2/h3-6,11-12H,2,7-10,13-14H2,1H3,(H,19,20);1-2H3/b4-3+,6-5-,12-11-;. The highest BCUT2D eigenvalue weighted by atomic mass is 19.3. The van der Waals surface area contributed by atoms with Gasteiger partial charge in [-0.25, -0.2) is 4.79 Å². The molecule has 0 rings (SSSR count). The first-order valence-corrected chi connectivity index (χ1v) is 8.08. The van der Waals surface area contributed by atoms with E-state index in [0.29, 0.717) is 0 Å². The molecule has 0 amide bonds. The first-order chi connectivity index (χ1) is 10.5. The Morgan fingerprint density at radius 1 is 0.955 bits per heavy atom. The highest BCUT2D eigenvalue weighted by molar-refractivity contribution is 5.75. The molecule has 22 heavy (non-hydrogen) atoms. The first-order valence-electron chi connectivity index (χ1n) is 8.08. The Hall–Kier alpha value is -1.45. The second-order valence-electron chi connectivity index (χ2n) is 4.57. The second kappa shape index (κ2) is 15.9. The Balaban J connectivity index is 0. The highest BCUT2D eigenvalue weighted by Crippen LogP contribution is 2.20. The molecule has 0 heterocycles. The van der Waals surface area contributed by atoms with Crippen LogP contribution in [0.1, 0.15) is 65.7 Å². The number of rotatable bonds is 11. The highest BCUT2D eigenvalue weighted by Gasteiger charge is 2.37. The van der Waals surface area contributed by atoms with Crippen LogP contribution in [-0.4, -0.2) is 17.0 Å². The van der Waals surface area contributed by atoms with Crippen molar-refractivity contribution in [3.05, 3.63) is 36.5 Å². The molecule has 0 aliphatic rings.